The number of fused-ring (bicyclic) bond motifs is 15. The lowest BCUT2D eigenvalue weighted by atomic mass is 9.47. The lowest BCUT2D eigenvalue weighted by molar-refractivity contribution is -0.128. The Hall–Kier alpha value is -2.61. The number of benzene rings is 1. The number of carbonyl (C=O) groups is 3. The molecule has 12 rings (SSSR count). The summed E-state index contributed by atoms with van der Waals surface area (Å²) in [7, 11) is 0. The van der Waals surface area contributed by atoms with Gasteiger partial charge in [0.05, 0.1) is 18.3 Å². The summed E-state index contributed by atoms with van der Waals surface area (Å²) >= 11 is 0. The van der Waals surface area contributed by atoms with Gasteiger partial charge in [-0.25, -0.2) is 0 Å². The Morgan fingerprint density at radius 1 is 0.569 bits per heavy atom. The second kappa shape index (κ2) is 16.5. The molecular formula is C58H82O7. The van der Waals surface area contributed by atoms with Gasteiger partial charge in [0.15, 0.2) is 11.6 Å². The zero-order valence-electron chi connectivity index (χ0n) is 40.8. The van der Waals surface area contributed by atoms with Gasteiger partial charge in [0.2, 0.25) is 0 Å². The Bertz CT molecular complexity index is 2140. The lowest BCUT2D eigenvalue weighted by Gasteiger charge is -2.58. The minimum Gasteiger partial charge on any atom is -0.508 e. The van der Waals surface area contributed by atoms with Gasteiger partial charge in [0, 0.05) is 18.8 Å². The number of aromatic hydroxyl groups is 1. The number of aliphatic hydroxyl groups excluding tert-OH is 3. The fourth-order valence-electron chi connectivity index (χ4n) is 19.3. The number of aliphatic hydroxyl groups is 3. The van der Waals surface area contributed by atoms with E-state index in [1.165, 1.54) is 73.6 Å². The molecule has 0 bridgehead atoms. The average Bonchev–Trinajstić information content (AvgIpc) is 3.88. The van der Waals surface area contributed by atoms with E-state index in [9.17, 15) is 34.8 Å². The third-order valence-corrected chi connectivity index (χ3v) is 23.0. The van der Waals surface area contributed by atoms with Gasteiger partial charge in [-0.2, -0.15) is 0 Å². The van der Waals surface area contributed by atoms with Crippen molar-refractivity contribution in [1.82, 2.24) is 0 Å². The summed E-state index contributed by atoms with van der Waals surface area (Å²) in [5.41, 5.74) is 6.40. The molecule has 0 aromatic heterocycles. The Morgan fingerprint density at radius 2 is 1.12 bits per heavy atom. The van der Waals surface area contributed by atoms with Gasteiger partial charge in [-0.05, 0) is 245 Å². The fraction of sp³-hybridized carbons (Fsp3) is 0.776. The minimum atomic E-state index is -0.565. The van der Waals surface area contributed by atoms with Crippen molar-refractivity contribution in [2.24, 2.45) is 80.3 Å². The molecule has 0 saturated heterocycles. The number of allylic oxidation sites excluding steroid dienone is 2. The van der Waals surface area contributed by atoms with Crippen molar-refractivity contribution in [3.05, 3.63) is 52.6 Å². The first-order chi connectivity index (χ1) is 30.8. The molecule has 65 heavy (non-hydrogen) atoms. The zero-order chi connectivity index (χ0) is 46.0. The second-order valence-corrected chi connectivity index (χ2v) is 25.5. The van der Waals surface area contributed by atoms with E-state index in [-0.39, 0.29) is 33.2 Å². The molecule has 7 nitrogen and oxygen atoms in total. The van der Waals surface area contributed by atoms with Crippen molar-refractivity contribution in [1.29, 1.82) is 0 Å². The smallest absolute Gasteiger partial charge is 0.155 e. The minimum absolute atomic E-state index is 0.0823. The van der Waals surface area contributed by atoms with Gasteiger partial charge >= 0.3 is 0 Å². The highest BCUT2D eigenvalue weighted by Gasteiger charge is 2.62. The Morgan fingerprint density at radius 3 is 1.74 bits per heavy atom. The standard InChI is InChI=1S/C21H30O2.C19H28O2.C18H24O3/c1-13(22)17-6-7-18-16-5-4-14-12-15(23)8-10-20(14,2)19(16)9-11-21(17,18)3;1-18-9-7-13(20)11-12(18)3-4-14-15-5-6-17(21)19(15,2)10-8-16(14)18;1-18-7-6-13-12-5-3-11(19)8-10(12)2-4-14(13)15(18)9-16(20)17(18)21/h12,16-19H,4-11H2,1-3H3;11,14-17,21H,3-10H2,1-2H3;3,5,8,13-17,19-21H,2,4,6-7,9H2,1H3/t16-,17+,18-,19-,20-,21+;14-,15-,16-,17-,18-,19-;13-,14-,15+,16-,17+,18+/m001/s1. The Labute approximate surface area is 390 Å². The van der Waals surface area contributed by atoms with Crippen LogP contribution in [0, 0.1) is 80.3 Å². The molecule has 1 aromatic carbocycles. The van der Waals surface area contributed by atoms with Gasteiger partial charge < -0.3 is 20.4 Å². The van der Waals surface area contributed by atoms with Crippen LogP contribution in [0.15, 0.2) is 41.5 Å². The molecule has 4 N–H and O–H groups in total. The monoisotopic (exact) mass is 891 g/mol. The van der Waals surface area contributed by atoms with Crippen molar-refractivity contribution >= 4 is 17.3 Å². The van der Waals surface area contributed by atoms with Crippen molar-refractivity contribution in [2.45, 2.75) is 201 Å². The molecule has 0 spiro atoms. The van der Waals surface area contributed by atoms with Crippen molar-refractivity contribution in [2.75, 3.05) is 0 Å². The Balaban J connectivity index is 0.000000115. The van der Waals surface area contributed by atoms with E-state index in [4.69, 9.17) is 0 Å². The predicted octanol–water partition coefficient (Wildman–Crippen LogP) is 11.2. The van der Waals surface area contributed by atoms with Crippen LogP contribution >= 0.6 is 0 Å². The number of hydrogen-bond acceptors (Lipinski definition) is 7. The van der Waals surface area contributed by atoms with Crippen molar-refractivity contribution in [3.8, 4) is 5.75 Å². The molecule has 8 fully saturated rings. The molecule has 0 unspecified atom stereocenters. The van der Waals surface area contributed by atoms with Crippen molar-refractivity contribution < 1.29 is 34.8 Å². The van der Waals surface area contributed by atoms with E-state index >= 15 is 0 Å². The lowest BCUT2D eigenvalue weighted by Crippen LogP contribution is -2.51. The number of phenols is 1. The summed E-state index contributed by atoms with van der Waals surface area (Å²) in [6.45, 7) is 13.6. The van der Waals surface area contributed by atoms with Gasteiger partial charge in [-0.15, -0.1) is 0 Å². The van der Waals surface area contributed by atoms with Crippen LogP contribution in [0.1, 0.15) is 187 Å². The normalized spacial score (nSPS) is 48.8. The maximum absolute atomic E-state index is 12.1. The molecule has 0 amide bonds. The number of Topliss-reactive ketones (excluding diaryl/α,β-unsaturated/α-hetero) is 1. The summed E-state index contributed by atoms with van der Waals surface area (Å²) in [5.74, 6) is 7.74. The first kappa shape index (κ1) is 46.1. The fourth-order valence-corrected chi connectivity index (χ4v) is 19.3. The molecule has 7 heteroatoms. The maximum atomic E-state index is 12.1. The van der Waals surface area contributed by atoms with Gasteiger partial charge in [-0.3, -0.25) is 14.4 Å². The number of carbonyl (C=O) groups excluding carboxylic acids is 3. The highest BCUT2D eigenvalue weighted by Crippen LogP contribution is 2.68. The number of ketones is 3. The average molecular weight is 891 g/mol. The number of rotatable bonds is 1. The highest BCUT2D eigenvalue weighted by molar-refractivity contribution is 5.92. The number of phenolic OH excluding ortho intramolecular Hbond substituents is 1. The van der Waals surface area contributed by atoms with E-state index < -0.39 is 12.2 Å². The van der Waals surface area contributed by atoms with Crippen LogP contribution in [0.4, 0.5) is 0 Å². The quantitative estimate of drug-likeness (QED) is 0.221. The van der Waals surface area contributed by atoms with Crippen LogP contribution < -0.4 is 0 Å². The van der Waals surface area contributed by atoms with Crippen LogP contribution in [0.2, 0.25) is 0 Å². The maximum Gasteiger partial charge on any atom is 0.155 e. The van der Waals surface area contributed by atoms with Crippen LogP contribution in [0.3, 0.4) is 0 Å². The molecule has 0 aliphatic heterocycles. The van der Waals surface area contributed by atoms with E-state index in [0.717, 1.165) is 113 Å². The van der Waals surface area contributed by atoms with Gasteiger partial charge in [-0.1, -0.05) is 51.8 Å². The SMILES string of the molecule is CC(=O)[C@H]1CC[C@H]2[C@@H]3CCC4=CC(=O)CC[C@]4(C)[C@H]3CC[C@]12C.C[C@]12CC[C@@H]3c4ccc(O)cc4CC[C@H]3[C@@H]1C[C@@H](O)[C@@H]2O.C[C@]12CC[C@H]3[C@@H](CCC4=CC(=O)CC[C@@]43C)[C@@H]1CC[C@@H]2O. The first-order valence-corrected chi connectivity index (χ1v) is 26.7. The topological polar surface area (TPSA) is 132 Å². The molecule has 11 aliphatic carbocycles. The molecule has 356 valence electrons. The van der Waals surface area contributed by atoms with Crippen LogP contribution in [-0.2, 0) is 20.8 Å². The third-order valence-electron chi connectivity index (χ3n) is 23.0. The molecule has 1 aromatic rings. The summed E-state index contributed by atoms with van der Waals surface area (Å²) in [6.07, 6.45) is 25.5. The summed E-state index contributed by atoms with van der Waals surface area (Å²) in [5, 5.41) is 40.7. The largest absolute Gasteiger partial charge is 0.508 e. The second-order valence-electron chi connectivity index (χ2n) is 25.5. The summed E-state index contributed by atoms with van der Waals surface area (Å²) < 4.78 is 0. The summed E-state index contributed by atoms with van der Waals surface area (Å²) in [4.78, 5) is 35.8. The predicted molar refractivity (Wildman–Crippen MR) is 254 cm³/mol. The summed E-state index contributed by atoms with van der Waals surface area (Å²) in [6, 6.07) is 5.80. The molecule has 0 radical (unpaired) electrons. The molecule has 11 aliphatic rings. The van der Waals surface area contributed by atoms with E-state index in [0.29, 0.717) is 52.7 Å². The van der Waals surface area contributed by atoms with Gasteiger partial charge in [0.25, 0.3) is 0 Å². The highest BCUT2D eigenvalue weighted by atomic mass is 16.3. The number of hydrogen-bond donors (Lipinski definition) is 4. The zero-order valence-corrected chi connectivity index (χ0v) is 40.8. The molecule has 18 atom stereocenters. The van der Waals surface area contributed by atoms with Crippen LogP contribution in [0.25, 0.3) is 0 Å². The molecule has 0 heterocycles. The van der Waals surface area contributed by atoms with E-state index in [1.807, 2.05) is 18.2 Å². The van der Waals surface area contributed by atoms with Crippen LogP contribution in [-0.4, -0.2) is 56.1 Å². The van der Waals surface area contributed by atoms with Crippen molar-refractivity contribution in [3.63, 3.8) is 0 Å². The first-order valence-electron chi connectivity index (χ1n) is 26.7. The van der Waals surface area contributed by atoms with E-state index in [1.54, 1.807) is 13.0 Å². The third kappa shape index (κ3) is 7.20. The number of aryl methyl sites for hydroxylation is 1. The van der Waals surface area contributed by atoms with Gasteiger partial charge in [0.1, 0.15) is 11.5 Å². The Kier molecular flexibility index (Phi) is 11.7. The van der Waals surface area contributed by atoms with Crippen LogP contribution in [0.5, 0.6) is 5.75 Å². The van der Waals surface area contributed by atoms with E-state index in [2.05, 4.69) is 40.7 Å². The molecular weight excluding hydrogens is 809 g/mol. The molecule has 8 saturated carbocycles.